The molecule has 0 bridgehead atoms. The van der Waals surface area contributed by atoms with Gasteiger partial charge >= 0.3 is 0 Å². The third-order valence-corrected chi connectivity index (χ3v) is 3.75. The summed E-state index contributed by atoms with van der Waals surface area (Å²) in [7, 11) is 0. The molecule has 0 radical (unpaired) electrons. The highest BCUT2D eigenvalue weighted by Gasteiger charge is 2.07. The van der Waals surface area contributed by atoms with Gasteiger partial charge in [0.15, 0.2) is 0 Å². The summed E-state index contributed by atoms with van der Waals surface area (Å²) < 4.78 is 0. The van der Waals surface area contributed by atoms with Crippen LogP contribution in [0.3, 0.4) is 0 Å². The van der Waals surface area contributed by atoms with Gasteiger partial charge in [-0.2, -0.15) is 0 Å². The molecule has 0 saturated heterocycles. The molecule has 0 aromatic rings. The van der Waals surface area contributed by atoms with Gasteiger partial charge in [-0.05, 0) is 63.7 Å². The Labute approximate surface area is 128 Å². The maximum atomic E-state index is 3.50. The van der Waals surface area contributed by atoms with Gasteiger partial charge in [-0.15, -0.1) is 0 Å². The summed E-state index contributed by atoms with van der Waals surface area (Å²) in [5, 5.41) is 3.50. The SMILES string of the molecule is CC(C)CCN(CCCCCNC(C)C)CCC(C)C. The number of hydrogen-bond donors (Lipinski definition) is 1. The molecule has 0 amide bonds. The van der Waals surface area contributed by atoms with E-state index in [9.17, 15) is 0 Å². The normalized spacial score (nSPS) is 12.3. The zero-order chi connectivity index (χ0) is 15.4. The predicted molar refractivity (Wildman–Crippen MR) is 92.3 cm³/mol. The molecule has 20 heavy (non-hydrogen) atoms. The standard InChI is InChI=1S/C18H40N2/c1-16(2)10-14-20(15-11-17(3)4)13-9-7-8-12-19-18(5)6/h16-19H,7-15H2,1-6H3. The number of nitrogens with zero attached hydrogens (tertiary/aromatic N) is 1. The van der Waals surface area contributed by atoms with Crippen molar-refractivity contribution in [1.29, 1.82) is 0 Å². The van der Waals surface area contributed by atoms with E-state index in [2.05, 4.69) is 51.8 Å². The third kappa shape index (κ3) is 14.3. The van der Waals surface area contributed by atoms with Crippen LogP contribution in [-0.4, -0.2) is 37.1 Å². The van der Waals surface area contributed by atoms with Crippen molar-refractivity contribution in [3.05, 3.63) is 0 Å². The van der Waals surface area contributed by atoms with E-state index < -0.39 is 0 Å². The Balaban J connectivity index is 3.72. The topological polar surface area (TPSA) is 15.3 Å². The van der Waals surface area contributed by atoms with Gasteiger partial charge in [0.05, 0.1) is 0 Å². The molecule has 1 N–H and O–H groups in total. The molecule has 0 fully saturated rings. The van der Waals surface area contributed by atoms with Gasteiger partial charge in [-0.3, -0.25) is 0 Å². The fraction of sp³-hybridized carbons (Fsp3) is 1.00. The lowest BCUT2D eigenvalue weighted by Crippen LogP contribution is -2.29. The molecule has 0 aliphatic carbocycles. The second kappa shape index (κ2) is 12.6. The first-order valence-corrected chi connectivity index (χ1v) is 8.87. The molecule has 0 heterocycles. The fourth-order valence-electron chi connectivity index (χ4n) is 2.24. The Hall–Kier alpha value is -0.0800. The lowest BCUT2D eigenvalue weighted by Gasteiger charge is -2.24. The van der Waals surface area contributed by atoms with Crippen LogP contribution >= 0.6 is 0 Å². The Bertz CT molecular complexity index is 188. The molecular weight excluding hydrogens is 244 g/mol. The van der Waals surface area contributed by atoms with Gasteiger partial charge in [-0.1, -0.05) is 48.0 Å². The second-order valence-electron chi connectivity index (χ2n) is 7.38. The number of unbranched alkanes of at least 4 members (excludes halogenated alkanes) is 2. The first kappa shape index (κ1) is 19.9. The molecule has 0 aromatic heterocycles. The molecule has 0 rings (SSSR count). The van der Waals surface area contributed by atoms with E-state index in [1.165, 1.54) is 58.3 Å². The molecule has 0 spiro atoms. The fourth-order valence-corrected chi connectivity index (χ4v) is 2.24. The van der Waals surface area contributed by atoms with Crippen LogP contribution in [0.1, 0.15) is 73.6 Å². The van der Waals surface area contributed by atoms with Crippen molar-refractivity contribution >= 4 is 0 Å². The van der Waals surface area contributed by atoms with Crippen molar-refractivity contribution < 1.29 is 0 Å². The van der Waals surface area contributed by atoms with E-state index in [0.717, 1.165) is 11.8 Å². The molecule has 0 saturated carbocycles. The molecule has 0 atom stereocenters. The Morgan fingerprint density at radius 3 is 1.70 bits per heavy atom. The van der Waals surface area contributed by atoms with Gasteiger partial charge in [-0.25, -0.2) is 0 Å². The lowest BCUT2D eigenvalue weighted by atomic mass is 10.1. The van der Waals surface area contributed by atoms with Crippen LogP contribution in [0.2, 0.25) is 0 Å². The van der Waals surface area contributed by atoms with Crippen molar-refractivity contribution in [1.82, 2.24) is 10.2 Å². The Morgan fingerprint density at radius 2 is 1.25 bits per heavy atom. The number of nitrogens with one attached hydrogen (secondary N) is 1. The number of rotatable bonds is 13. The van der Waals surface area contributed by atoms with Crippen molar-refractivity contribution in [2.75, 3.05) is 26.2 Å². The summed E-state index contributed by atoms with van der Waals surface area (Å²) in [6, 6.07) is 0.628. The quantitative estimate of drug-likeness (QED) is 0.499. The second-order valence-corrected chi connectivity index (χ2v) is 7.38. The van der Waals surface area contributed by atoms with Gasteiger partial charge in [0, 0.05) is 6.04 Å². The van der Waals surface area contributed by atoms with Crippen molar-refractivity contribution in [3.63, 3.8) is 0 Å². The van der Waals surface area contributed by atoms with E-state index in [-0.39, 0.29) is 0 Å². The van der Waals surface area contributed by atoms with Crippen molar-refractivity contribution in [3.8, 4) is 0 Å². The van der Waals surface area contributed by atoms with Crippen LogP contribution in [0, 0.1) is 11.8 Å². The average Bonchev–Trinajstić information content (AvgIpc) is 2.34. The third-order valence-electron chi connectivity index (χ3n) is 3.75. The minimum atomic E-state index is 0.628. The molecule has 0 aliphatic rings. The van der Waals surface area contributed by atoms with Crippen LogP contribution in [0.5, 0.6) is 0 Å². The smallest absolute Gasteiger partial charge is 0.00103 e. The van der Waals surface area contributed by atoms with Gasteiger partial charge in [0.1, 0.15) is 0 Å². The first-order valence-electron chi connectivity index (χ1n) is 8.87. The molecular formula is C18H40N2. The lowest BCUT2D eigenvalue weighted by molar-refractivity contribution is 0.238. The molecule has 0 aromatic carbocycles. The van der Waals surface area contributed by atoms with Gasteiger partial charge in [0.25, 0.3) is 0 Å². The molecule has 0 aliphatic heterocycles. The van der Waals surface area contributed by atoms with Crippen LogP contribution in [-0.2, 0) is 0 Å². The van der Waals surface area contributed by atoms with Crippen LogP contribution in [0.4, 0.5) is 0 Å². The summed E-state index contributed by atoms with van der Waals surface area (Å²) in [6.45, 7) is 18.8. The van der Waals surface area contributed by atoms with Crippen molar-refractivity contribution in [2.24, 2.45) is 11.8 Å². The minimum Gasteiger partial charge on any atom is -0.315 e. The maximum absolute atomic E-state index is 3.50. The Morgan fingerprint density at radius 1 is 0.700 bits per heavy atom. The van der Waals surface area contributed by atoms with Gasteiger partial charge in [0.2, 0.25) is 0 Å². The largest absolute Gasteiger partial charge is 0.315 e. The summed E-state index contributed by atoms with van der Waals surface area (Å²) in [5.41, 5.74) is 0. The van der Waals surface area contributed by atoms with Gasteiger partial charge < -0.3 is 10.2 Å². The van der Waals surface area contributed by atoms with E-state index in [1.54, 1.807) is 0 Å². The molecule has 0 unspecified atom stereocenters. The minimum absolute atomic E-state index is 0.628. The molecule has 122 valence electrons. The van der Waals surface area contributed by atoms with Crippen LogP contribution < -0.4 is 5.32 Å². The monoisotopic (exact) mass is 284 g/mol. The average molecular weight is 285 g/mol. The zero-order valence-electron chi connectivity index (χ0n) is 15.0. The van der Waals surface area contributed by atoms with Crippen molar-refractivity contribution in [2.45, 2.75) is 79.7 Å². The summed E-state index contributed by atoms with van der Waals surface area (Å²) in [4.78, 5) is 2.69. The Kier molecular flexibility index (Phi) is 12.6. The summed E-state index contributed by atoms with van der Waals surface area (Å²) >= 11 is 0. The van der Waals surface area contributed by atoms with Crippen LogP contribution in [0.15, 0.2) is 0 Å². The first-order chi connectivity index (χ1) is 9.41. The zero-order valence-corrected chi connectivity index (χ0v) is 15.0. The molecule has 2 heteroatoms. The highest BCUT2D eigenvalue weighted by molar-refractivity contribution is 4.62. The molecule has 2 nitrogen and oxygen atoms in total. The summed E-state index contributed by atoms with van der Waals surface area (Å²) in [5.74, 6) is 1.65. The van der Waals surface area contributed by atoms with Crippen LogP contribution in [0.25, 0.3) is 0 Å². The summed E-state index contributed by atoms with van der Waals surface area (Å²) in [6.07, 6.45) is 6.72. The highest BCUT2D eigenvalue weighted by atomic mass is 15.1. The van der Waals surface area contributed by atoms with E-state index >= 15 is 0 Å². The predicted octanol–water partition coefficient (Wildman–Crippen LogP) is 4.55. The van der Waals surface area contributed by atoms with E-state index in [0.29, 0.717) is 6.04 Å². The maximum Gasteiger partial charge on any atom is 0.00103 e. The van der Waals surface area contributed by atoms with E-state index in [4.69, 9.17) is 0 Å². The highest BCUT2D eigenvalue weighted by Crippen LogP contribution is 2.08. The van der Waals surface area contributed by atoms with E-state index in [1.807, 2.05) is 0 Å². The number of hydrogen-bond acceptors (Lipinski definition) is 2.